The van der Waals surface area contributed by atoms with Crippen LogP contribution in [0.3, 0.4) is 0 Å². The van der Waals surface area contributed by atoms with E-state index in [1.807, 2.05) is 37.3 Å². The minimum Gasteiger partial charge on any atom is -0.462 e. The van der Waals surface area contributed by atoms with Crippen molar-refractivity contribution in [2.75, 3.05) is 11.9 Å². The molecule has 0 saturated carbocycles. The normalized spacial score (nSPS) is 14.8. The Labute approximate surface area is 170 Å². The van der Waals surface area contributed by atoms with Gasteiger partial charge in [0.05, 0.1) is 24.6 Å². The smallest absolute Gasteiger partial charge is 0.338 e. The molecule has 0 bridgehead atoms. The summed E-state index contributed by atoms with van der Waals surface area (Å²) in [5, 5.41) is 2.84. The minimum atomic E-state index is -0.382. The van der Waals surface area contributed by atoms with Crippen molar-refractivity contribution >= 4 is 29.5 Å². The first-order chi connectivity index (χ1) is 14.0. The van der Waals surface area contributed by atoms with Crippen LogP contribution in [0, 0.1) is 0 Å². The highest BCUT2D eigenvalue weighted by Gasteiger charge is 2.28. The lowest BCUT2D eigenvalue weighted by molar-refractivity contribution is -0.129. The fraction of sp³-hybridized carbons (Fsp3) is 0.261. The third-order valence-electron chi connectivity index (χ3n) is 4.69. The molecule has 1 atom stereocenters. The Morgan fingerprint density at radius 2 is 1.79 bits per heavy atom. The van der Waals surface area contributed by atoms with Gasteiger partial charge in [0.1, 0.15) is 0 Å². The quantitative estimate of drug-likeness (QED) is 0.749. The van der Waals surface area contributed by atoms with E-state index >= 15 is 0 Å². The second kappa shape index (κ2) is 9.19. The topological polar surface area (TPSA) is 75.7 Å². The van der Waals surface area contributed by atoms with Crippen LogP contribution >= 0.6 is 0 Å². The van der Waals surface area contributed by atoms with E-state index in [9.17, 15) is 14.4 Å². The molecule has 0 saturated heterocycles. The standard InChI is InChI=1S/C23H24N2O4/c1-3-14-29-23(28)18-8-10-19(11-9-18)24-22(27)15-21-20-7-5-4-6-17(20)12-13-25(21)16(2)26/h4-13,21H,3,14-15H2,1-2H3,(H,24,27)/t21-/m1/s1. The largest absolute Gasteiger partial charge is 0.462 e. The molecule has 2 aromatic carbocycles. The molecule has 0 radical (unpaired) electrons. The highest BCUT2D eigenvalue weighted by Crippen LogP contribution is 2.33. The van der Waals surface area contributed by atoms with Gasteiger partial charge in [0.15, 0.2) is 0 Å². The van der Waals surface area contributed by atoms with Gasteiger partial charge in [-0.15, -0.1) is 0 Å². The van der Waals surface area contributed by atoms with Crippen molar-refractivity contribution in [2.24, 2.45) is 0 Å². The van der Waals surface area contributed by atoms with Crippen molar-refractivity contribution in [3.8, 4) is 0 Å². The van der Waals surface area contributed by atoms with Crippen LogP contribution in [0.2, 0.25) is 0 Å². The number of nitrogens with one attached hydrogen (secondary N) is 1. The zero-order valence-electron chi connectivity index (χ0n) is 16.6. The summed E-state index contributed by atoms with van der Waals surface area (Å²) in [6.07, 6.45) is 4.48. The fourth-order valence-corrected chi connectivity index (χ4v) is 3.27. The average Bonchev–Trinajstić information content (AvgIpc) is 2.72. The molecule has 150 valence electrons. The van der Waals surface area contributed by atoms with Crippen molar-refractivity contribution in [1.82, 2.24) is 4.90 Å². The Hall–Kier alpha value is -3.41. The van der Waals surface area contributed by atoms with E-state index in [-0.39, 0.29) is 30.2 Å². The van der Waals surface area contributed by atoms with Crippen molar-refractivity contribution in [3.63, 3.8) is 0 Å². The van der Waals surface area contributed by atoms with Crippen molar-refractivity contribution in [1.29, 1.82) is 0 Å². The number of esters is 1. The number of nitrogens with zero attached hydrogens (tertiary/aromatic N) is 1. The molecular formula is C23H24N2O4. The lowest BCUT2D eigenvalue weighted by atomic mass is 9.93. The maximum Gasteiger partial charge on any atom is 0.338 e. The number of ether oxygens (including phenoxy) is 1. The number of fused-ring (bicyclic) bond motifs is 1. The monoisotopic (exact) mass is 392 g/mol. The first-order valence-corrected chi connectivity index (χ1v) is 9.62. The van der Waals surface area contributed by atoms with Crippen LogP contribution in [0.5, 0.6) is 0 Å². The molecule has 1 aliphatic rings. The summed E-state index contributed by atoms with van der Waals surface area (Å²) in [5.41, 5.74) is 2.95. The van der Waals surface area contributed by atoms with E-state index in [1.54, 1.807) is 35.4 Å². The first-order valence-electron chi connectivity index (χ1n) is 9.62. The maximum absolute atomic E-state index is 12.7. The van der Waals surface area contributed by atoms with Crippen LogP contribution in [0.1, 0.15) is 54.2 Å². The van der Waals surface area contributed by atoms with E-state index in [0.29, 0.717) is 17.9 Å². The van der Waals surface area contributed by atoms with Crippen LogP contribution in [0.25, 0.3) is 6.08 Å². The molecule has 0 unspecified atom stereocenters. The number of rotatable bonds is 6. The maximum atomic E-state index is 12.7. The van der Waals surface area contributed by atoms with Gasteiger partial charge in [-0.05, 0) is 47.9 Å². The van der Waals surface area contributed by atoms with Crippen molar-refractivity contribution in [3.05, 3.63) is 71.4 Å². The number of carbonyl (C=O) groups is 3. The number of benzene rings is 2. The molecule has 1 N–H and O–H groups in total. The molecule has 6 nitrogen and oxygen atoms in total. The molecule has 0 aliphatic carbocycles. The van der Waals surface area contributed by atoms with Gasteiger partial charge in [0.2, 0.25) is 11.8 Å². The summed E-state index contributed by atoms with van der Waals surface area (Å²) in [7, 11) is 0. The van der Waals surface area contributed by atoms with Gasteiger partial charge in [-0.25, -0.2) is 4.79 Å². The molecule has 1 aliphatic heterocycles. The van der Waals surface area contributed by atoms with Crippen LogP contribution in [-0.2, 0) is 14.3 Å². The highest BCUT2D eigenvalue weighted by atomic mass is 16.5. The van der Waals surface area contributed by atoms with E-state index in [0.717, 1.165) is 17.5 Å². The minimum absolute atomic E-state index is 0.122. The van der Waals surface area contributed by atoms with Crippen LogP contribution in [0.4, 0.5) is 5.69 Å². The molecule has 2 aromatic rings. The van der Waals surface area contributed by atoms with E-state index < -0.39 is 0 Å². The third-order valence-corrected chi connectivity index (χ3v) is 4.69. The summed E-state index contributed by atoms with van der Waals surface area (Å²) in [6.45, 7) is 3.79. The summed E-state index contributed by atoms with van der Waals surface area (Å²) in [6, 6.07) is 13.9. The molecule has 0 spiro atoms. The van der Waals surface area contributed by atoms with Gasteiger partial charge in [0, 0.05) is 18.8 Å². The lowest BCUT2D eigenvalue weighted by Crippen LogP contribution is -2.33. The number of amides is 2. The number of anilines is 1. The first kappa shape index (κ1) is 20.3. The Morgan fingerprint density at radius 3 is 2.48 bits per heavy atom. The zero-order chi connectivity index (χ0) is 20.8. The zero-order valence-corrected chi connectivity index (χ0v) is 16.6. The van der Waals surface area contributed by atoms with Gasteiger partial charge >= 0.3 is 5.97 Å². The van der Waals surface area contributed by atoms with E-state index in [2.05, 4.69) is 5.32 Å². The lowest BCUT2D eigenvalue weighted by Gasteiger charge is -2.32. The molecule has 1 heterocycles. The Kier molecular flexibility index (Phi) is 6.44. The molecular weight excluding hydrogens is 368 g/mol. The molecule has 0 aromatic heterocycles. The summed E-state index contributed by atoms with van der Waals surface area (Å²) in [5.74, 6) is -0.719. The molecule has 6 heteroatoms. The number of carbonyl (C=O) groups excluding carboxylic acids is 3. The predicted octanol–water partition coefficient (Wildman–Crippen LogP) is 4.16. The molecule has 0 fully saturated rings. The van der Waals surface area contributed by atoms with Crippen LogP contribution in [-0.4, -0.2) is 29.3 Å². The molecule has 3 rings (SSSR count). The Balaban J connectivity index is 1.68. The Morgan fingerprint density at radius 1 is 1.07 bits per heavy atom. The average molecular weight is 392 g/mol. The SMILES string of the molecule is CCCOC(=O)c1ccc(NC(=O)C[C@@H]2c3ccccc3C=CN2C(C)=O)cc1. The van der Waals surface area contributed by atoms with Crippen molar-refractivity contribution in [2.45, 2.75) is 32.7 Å². The van der Waals surface area contributed by atoms with Gasteiger partial charge in [0.25, 0.3) is 0 Å². The summed E-state index contributed by atoms with van der Waals surface area (Å²) < 4.78 is 5.10. The van der Waals surface area contributed by atoms with E-state index in [1.165, 1.54) is 6.92 Å². The fourth-order valence-electron chi connectivity index (χ4n) is 3.27. The second-order valence-electron chi connectivity index (χ2n) is 6.85. The Bertz CT molecular complexity index is 934. The number of hydrogen-bond acceptors (Lipinski definition) is 4. The molecule has 2 amide bonds. The summed E-state index contributed by atoms with van der Waals surface area (Å²) in [4.78, 5) is 38.1. The summed E-state index contributed by atoms with van der Waals surface area (Å²) >= 11 is 0. The van der Waals surface area contributed by atoms with E-state index in [4.69, 9.17) is 4.74 Å². The number of hydrogen-bond donors (Lipinski definition) is 1. The van der Waals surface area contributed by atoms with Crippen molar-refractivity contribution < 1.29 is 19.1 Å². The predicted molar refractivity (Wildman–Crippen MR) is 111 cm³/mol. The van der Waals surface area contributed by atoms with Gasteiger partial charge in [-0.3, -0.25) is 9.59 Å². The highest BCUT2D eigenvalue weighted by molar-refractivity contribution is 5.94. The van der Waals surface area contributed by atoms with Gasteiger partial charge in [-0.1, -0.05) is 31.2 Å². The van der Waals surface area contributed by atoms with Crippen LogP contribution in [0.15, 0.2) is 54.7 Å². The van der Waals surface area contributed by atoms with Crippen LogP contribution < -0.4 is 5.32 Å². The second-order valence-corrected chi connectivity index (χ2v) is 6.85. The molecule has 29 heavy (non-hydrogen) atoms. The van der Waals surface area contributed by atoms with Gasteiger partial charge < -0.3 is 15.0 Å². The third kappa shape index (κ3) is 4.90. The van der Waals surface area contributed by atoms with Gasteiger partial charge in [-0.2, -0.15) is 0 Å².